The van der Waals surface area contributed by atoms with Crippen molar-refractivity contribution in [2.24, 2.45) is 0 Å². The van der Waals surface area contributed by atoms with Crippen LogP contribution in [0, 0.1) is 5.82 Å². The van der Waals surface area contributed by atoms with Gasteiger partial charge in [-0.2, -0.15) is 0 Å². The van der Waals surface area contributed by atoms with Crippen molar-refractivity contribution in [1.82, 2.24) is 0 Å². The fourth-order valence-corrected chi connectivity index (χ4v) is 2.75. The molecule has 0 saturated heterocycles. The maximum Gasteiger partial charge on any atom is 0.195 e. The minimum absolute atomic E-state index is 0.112. The van der Waals surface area contributed by atoms with Gasteiger partial charge in [-0.25, -0.2) is 4.39 Å². The molecule has 0 spiro atoms. The quantitative estimate of drug-likeness (QED) is 0.741. The van der Waals surface area contributed by atoms with Crippen LogP contribution in [0.3, 0.4) is 0 Å². The molecule has 3 rings (SSSR count). The van der Waals surface area contributed by atoms with E-state index < -0.39 is 5.82 Å². The molecular weight excluding hydrogens is 363 g/mol. The summed E-state index contributed by atoms with van der Waals surface area (Å²) in [6.45, 7) is 0.845. The number of carbonyl (C=O) groups excluding carboxylic acids is 1. The highest BCUT2D eigenvalue weighted by Gasteiger charge is 2.22. The van der Waals surface area contributed by atoms with Crippen LogP contribution in [-0.2, 0) is 0 Å². The number of ketones is 1. The Morgan fingerprint density at radius 1 is 1.14 bits per heavy atom. The maximum atomic E-state index is 13.6. The summed E-state index contributed by atoms with van der Waals surface area (Å²) in [5, 5.41) is 0.236. The molecule has 0 aliphatic carbocycles. The zero-order valence-electron chi connectivity index (χ0n) is 10.7. The van der Waals surface area contributed by atoms with Crippen molar-refractivity contribution in [1.29, 1.82) is 0 Å². The molecule has 0 unspecified atom stereocenters. The van der Waals surface area contributed by atoms with E-state index >= 15 is 0 Å². The van der Waals surface area contributed by atoms with Crippen molar-refractivity contribution in [3.63, 3.8) is 0 Å². The van der Waals surface area contributed by atoms with Crippen LogP contribution >= 0.6 is 27.5 Å². The lowest BCUT2D eigenvalue weighted by atomic mass is 10.0. The van der Waals surface area contributed by atoms with Crippen LogP contribution in [-0.4, -0.2) is 19.0 Å². The van der Waals surface area contributed by atoms with Gasteiger partial charge in [-0.1, -0.05) is 17.7 Å². The first-order valence-corrected chi connectivity index (χ1v) is 7.33. The van der Waals surface area contributed by atoms with Crippen molar-refractivity contribution in [2.75, 3.05) is 13.2 Å². The van der Waals surface area contributed by atoms with E-state index in [0.717, 1.165) is 0 Å². The zero-order chi connectivity index (χ0) is 15.0. The summed E-state index contributed by atoms with van der Waals surface area (Å²) in [5.74, 6) is 0.0699. The lowest BCUT2D eigenvalue weighted by molar-refractivity contribution is 0.103. The second-order valence-electron chi connectivity index (χ2n) is 4.41. The third-order valence-corrected chi connectivity index (χ3v) is 4.19. The van der Waals surface area contributed by atoms with E-state index in [0.29, 0.717) is 24.7 Å². The summed E-state index contributed by atoms with van der Waals surface area (Å²) in [6, 6.07) is 7.33. The van der Waals surface area contributed by atoms with Gasteiger partial charge in [0.15, 0.2) is 17.3 Å². The second kappa shape index (κ2) is 5.66. The molecule has 2 aromatic carbocycles. The Balaban J connectivity index is 2.07. The maximum absolute atomic E-state index is 13.6. The summed E-state index contributed by atoms with van der Waals surface area (Å²) in [7, 11) is 0. The highest BCUT2D eigenvalue weighted by atomic mass is 79.9. The molecule has 108 valence electrons. The number of halogens is 3. The average molecular weight is 372 g/mol. The van der Waals surface area contributed by atoms with Gasteiger partial charge < -0.3 is 9.47 Å². The van der Waals surface area contributed by atoms with Crippen LogP contribution in [0.5, 0.6) is 11.5 Å². The van der Waals surface area contributed by atoms with Gasteiger partial charge in [0.25, 0.3) is 0 Å². The first-order valence-electron chi connectivity index (χ1n) is 6.16. The van der Waals surface area contributed by atoms with Crippen molar-refractivity contribution in [3.05, 3.63) is 56.8 Å². The van der Waals surface area contributed by atoms with Crippen molar-refractivity contribution in [3.8, 4) is 11.5 Å². The van der Waals surface area contributed by atoms with Gasteiger partial charge in [0.05, 0.1) is 9.50 Å². The monoisotopic (exact) mass is 370 g/mol. The van der Waals surface area contributed by atoms with E-state index in [1.54, 1.807) is 0 Å². The van der Waals surface area contributed by atoms with Crippen LogP contribution in [0.4, 0.5) is 4.39 Å². The molecule has 1 aliphatic heterocycles. The predicted octanol–water partition coefficient (Wildman–Crippen LogP) is 4.24. The number of carbonyl (C=O) groups is 1. The minimum Gasteiger partial charge on any atom is -0.486 e. The fraction of sp³-hybridized carbons (Fsp3) is 0.133. The van der Waals surface area contributed by atoms with Crippen molar-refractivity contribution < 1.29 is 18.7 Å². The molecule has 0 aromatic heterocycles. The number of hydrogen-bond donors (Lipinski definition) is 0. The van der Waals surface area contributed by atoms with Gasteiger partial charge in [-0.15, -0.1) is 0 Å². The molecule has 0 radical (unpaired) electrons. The molecule has 0 fully saturated rings. The molecule has 1 aliphatic rings. The van der Waals surface area contributed by atoms with E-state index in [9.17, 15) is 9.18 Å². The van der Waals surface area contributed by atoms with Gasteiger partial charge in [-0.05, 0) is 34.1 Å². The van der Waals surface area contributed by atoms with Crippen molar-refractivity contribution in [2.45, 2.75) is 0 Å². The molecule has 1 heterocycles. The average Bonchev–Trinajstić information content (AvgIpc) is 2.48. The van der Waals surface area contributed by atoms with E-state index in [-0.39, 0.29) is 26.4 Å². The Hall–Kier alpha value is -1.59. The van der Waals surface area contributed by atoms with Gasteiger partial charge in [0.1, 0.15) is 19.0 Å². The van der Waals surface area contributed by atoms with Crippen molar-refractivity contribution >= 4 is 33.3 Å². The number of hydrogen-bond acceptors (Lipinski definition) is 3. The Morgan fingerprint density at radius 3 is 2.52 bits per heavy atom. The SMILES string of the molecule is O=C(c1cc2c(cc1Cl)OCCO2)c1cccc(F)c1Br. The van der Waals surface area contributed by atoms with Crippen LogP contribution in [0.2, 0.25) is 5.02 Å². The molecule has 0 saturated carbocycles. The molecule has 0 atom stereocenters. The van der Waals surface area contributed by atoms with E-state index in [4.69, 9.17) is 21.1 Å². The Labute approximate surface area is 133 Å². The number of rotatable bonds is 2. The van der Waals surface area contributed by atoms with Crippen LogP contribution < -0.4 is 9.47 Å². The van der Waals surface area contributed by atoms with Crippen LogP contribution in [0.15, 0.2) is 34.8 Å². The first kappa shape index (κ1) is 14.4. The van der Waals surface area contributed by atoms with E-state index in [1.165, 1.54) is 30.3 Å². The van der Waals surface area contributed by atoms with Crippen LogP contribution in [0.1, 0.15) is 15.9 Å². The highest BCUT2D eigenvalue weighted by molar-refractivity contribution is 9.10. The molecule has 0 amide bonds. The number of benzene rings is 2. The fourth-order valence-electron chi connectivity index (χ4n) is 2.06. The summed E-state index contributed by atoms with van der Waals surface area (Å²) in [4.78, 5) is 12.5. The molecule has 3 nitrogen and oxygen atoms in total. The number of ether oxygens (including phenoxy) is 2. The number of fused-ring (bicyclic) bond motifs is 1. The van der Waals surface area contributed by atoms with Gasteiger partial charge in [-0.3, -0.25) is 4.79 Å². The summed E-state index contributed by atoms with van der Waals surface area (Å²) >= 11 is 9.22. The predicted molar refractivity (Wildman–Crippen MR) is 80.0 cm³/mol. The summed E-state index contributed by atoms with van der Waals surface area (Å²) in [5.41, 5.74) is 0.445. The molecule has 6 heteroatoms. The first-order chi connectivity index (χ1) is 10.1. The molecule has 21 heavy (non-hydrogen) atoms. The normalized spacial score (nSPS) is 13.1. The standard InChI is InChI=1S/C15H9BrClFO3/c16-14-8(2-1-3-11(14)18)15(19)9-6-12-13(7-10(9)17)21-5-4-20-12/h1-3,6-7H,4-5H2. The topological polar surface area (TPSA) is 35.5 Å². The largest absolute Gasteiger partial charge is 0.486 e. The van der Waals surface area contributed by atoms with E-state index in [1.807, 2.05) is 0 Å². The third-order valence-electron chi connectivity index (χ3n) is 3.07. The van der Waals surface area contributed by atoms with Gasteiger partial charge in [0.2, 0.25) is 0 Å². The minimum atomic E-state index is -0.505. The third kappa shape index (κ3) is 2.63. The Bertz CT molecular complexity index is 733. The smallest absolute Gasteiger partial charge is 0.195 e. The molecular formula is C15H9BrClFO3. The van der Waals surface area contributed by atoms with Gasteiger partial charge in [0, 0.05) is 17.2 Å². The lowest BCUT2D eigenvalue weighted by Gasteiger charge is -2.19. The van der Waals surface area contributed by atoms with Gasteiger partial charge >= 0.3 is 0 Å². The summed E-state index contributed by atoms with van der Waals surface area (Å²) in [6.07, 6.45) is 0. The summed E-state index contributed by atoms with van der Waals surface area (Å²) < 4.78 is 24.5. The Morgan fingerprint density at radius 2 is 1.81 bits per heavy atom. The zero-order valence-corrected chi connectivity index (χ0v) is 13.0. The lowest BCUT2D eigenvalue weighted by Crippen LogP contribution is -2.16. The Kier molecular flexibility index (Phi) is 3.87. The molecule has 2 aromatic rings. The molecule has 0 N–H and O–H groups in total. The molecule has 0 bridgehead atoms. The highest BCUT2D eigenvalue weighted by Crippen LogP contribution is 2.37. The second-order valence-corrected chi connectivity index (χ2v) is 5.61. The van der Waals surface area contributed by atoms with Crippen LogP contribution in [0.25, 0.3) is 0 Å². The van der Waals surface area contributed by atoms with E-state index in [2.05, 4.69) is 15.9 Å².